The second-order valence-corrected chi connectivity index (χ2v) is 5.92. The lowest BCUT2D eigenvalue weighted by atomic mass is 9.78. The Morgan fingerprint density at radius 3 is 2.76 bits per heavy atom. The first-order valence-corrected chi connectivity index (χ1v) is 7.05. The van der Waals surface area contributed by atoms with Gasteiger partial charge in [0.05, 0.1) is 5.92 Å². The van der Waals surface area contributed by atoms with E-state index in [1.54, 1.807) is 0 Å². The summed E-state index contributed by atoms with van der Waals surface area (Å²) in [5.74, 6) is 1.41. The zero-order valence-electron chi connectivity index (χ0n) is 11.5. The first-order valence-electron chi connectivity index (χ1n) is 7.05. The lowest BCUT2D eigenvalue weighted by molar-refractivity contribution is -0.127. The van der Waals surface area contributed by atoms with Gasteiger partial charge in [-0.3, -0.25) is 4.79 Å². The number of amides is 1. The van der Waals surface area contributed by atoms with Crippen LogP contribution in [0.3, 0.4) is 0 Å². The normalized spacial score (nSPS) is 29.4. The highest BCUT2D eigenvalue weighted by Crippen LogP contribution is 2.27. The summed E-state index contributed by atoms with van der Waals surface area (Å²) in [4.78, 5) is 12.0. The number of hydrogen-bond donors (Lipinski definition) is 2. The second kappa shape index (κ2) is 7.00. The number of nitrogens with two attached hydrogens (primary N) is 1. The Kier molecular flexibility index (Phi) is 5.96. The van der Waals surface area contributed by atoms with Crippen molar-refractivity contribution < 1.29 is 4.79 Å². The number of nitrogens with one attached hydrogen (secondary N) is 1. The minimum atomic E-state index is 0.0396. The average molecular weight is 240 g/mol. The van der Waals surface area contributed by atoms with Gasteiger partial charge in [-0.2, -0.15) is 0 Å². The Balaban J connectivity index is 2.27. The van der Waals surface area contributed by atoms with Crippen LogP contribution in [-0.4, -0.2) is 18.5 Å². The highest BCUT2D eigenvalue weighted by molar-refractivity contribution is 5.79. The molecule has 3 unspecified atom stereocenters. The van der Waals surface area contributed by atoms with Crippen LogP contribution >= 0.6 is 0 Å². The lowest BCUT2D eigenvalue weighted by Gasteiger charge is -2.32. The lowest BCUT2D eigenvalue weighted by Crippen LogP contribution is -2.47. The fourth-order valence-electron chi connectivity index (χ4n) is 2.60. The minimum Gasteiger partial charge on any atom is -0.356 e. The van der Waals surface area contributed by atoms with Gasteiger partial charge in [0.1, 0.15) is 0 Å². The molecule has 0 radical (unpaired) electrons. The number of hydrogen-bond acceptors (Lipinski definition) is 2. The van der Waals surface area contributed by atoms with Crippen molar-refractivity contribution in [2.24, 2.45) is 23.5 Å². The Morgan fingerprint density at radius 1 is 1.41 bits per heavy atom. The van der Waals surface area contributed by atoms with Gasteiger partial charge in [-0.05, 0) is 37.5 Å². The molecule has 1 aliphatic carbocycles. The molecule has 1 amide bonds. The van der Waals surface area contributed by atoms with Crippen LogP contribution in [0.15, 0.2) is 0 Å². The maximum atomic E-state index is 12.0. The van der Waals surface area contributed by atoms with Crippen molar-refractivity contribution in [1.82, 2.24) is 5.32 Å². The third-order valence-corrected chi connectivity index (χ3v) is 3.89. The minimum absolute atomic E-state index is 0.0396. The third-order valence-electron chi connectivity index (χ3n) is 3.89. The van der Waals surface area contributed by atoms with E-state index < -0.39 is 0 Å². The summed E-state index contributed by atoms with van der Waals surface area (Å²) in [5.41, 5.74) is 6.12. The smallest absolute Gasteiger partial charge is 0.224 e. The molecule has 1 aliphatic rings. The van der Waals surface area contributed by atoms with Gasteiger partial charge in [0.25, 0.3) is 0 Å². The van der Waals surface area contributed by atoms with Gasteiger partial charge < -0.3 is 11.1 Å². The first-order chi connectivity index (χ1) is 8.02. The van der Waals surface area contributed by atoms with Crippen molar-refractivity contribution in [3.8, 4) is 0 Å². The molecule has 3 atom stereocenters. The van der Waals surface area contributed by atoms with Crippen LogP contribution in [0.4, 0.5) is 0 Å². The maximum Gasteiger partial charge on any atom is 0.224 e. The molecule has 0 aromatic rings. The summed E-state index contributed by atoms with van der Waals surface area (Å²) >= 11 is 0. The molecule has 1 rings (SSSR count). The molecule has 0 saturated heterocycles. The van der Waals surface area contributed by atoms with Crippen LogP contribution in [0.25, 0.3) is 0 Å². The van der Waals surface area contributed by atoms with Crippen molar-refractivity contribution in [1.29, 1.82) is 0 Å². The van der Waals surface area contributed by atoms with Crippen molar-refractivity contribution in [2.45, 2.75) is 58.9 Å². The molecule has 3 nitrogen and oxygen atoms in total. The molecular formula is C14H28N2O. The maximum absolute atomic E-state index is 12.0. The zero-order chi connectivity index (χ0) is 12.8. The Labute approximate surface area is 106 Å². The summed E-state index contributed by atoms with van der Waals surface area (Å²) in [7, 11) is 0. The topological polar surface area (TPSA) is 55.1 Å². The summed E-state index contributed by atoms with van der Waals surface area (Å²) < 4.78 is 0. The first kappa shape index (κ1) is 14.5. The predicted molar refractivity (Wildman–Crippen MR) is 71.6 cm³/mol. The largest absolute Gasteiger partial charge is 0.356 e. The van der Waals surface area contributed by atoms with E-state index in [1.165, 1.54) is 6.42 Å². The SMILES string of the molecule is CC(C)CCCNC(=O)C1CCCC(C)C1N. The Morgan fingerprint density at radius 2 is 2.12 bits per heavy atom. The van der Waals surface area contributed by atoms with E-state index in [2.05, 4.69) is 26.1 Å². The van der Waals surface area contributed by atoms with E-state index in [-0.39, 0.29) is 17.9 Å². The van der Waals surface area contributed by atoms with Crippen LogP contribution in [-0.2, 0) is 4.79 Å². The van der Waals surface area contributed by atoms with Gasteiger partial charge in [0, 0.05) is 12.6 Å². The highest BCUT2D eigenvalue weighted by Gasteiger charge is 2.32. The zero-order valence-corrected chi connectivity index (χ0v) is 11.5. The predicted octanol–water partition coefficient (Wildman–Crippen LogP) is 2.30. The number of carbonyl (C=O) groups is 1. The fourth-order valence-corrected chi connectivity index (χ4v) is 2.60. The van der Waals surface area contributed by atoms with E-state index in [0.29, 0.717) is 11.8 Å². The highest BCUT2D eigenvalue weighted by atomic mass is 16.1. The van der Waals surface area contributed by atoms with Crippen LogP contribution in [0, 0.1) is 17.8 Å². The van der Waals surface area contributed by atoms with Gasteiger partial charge in [-0.25, -0.2) is 0 Å². The summed E-state index contributed by atoms with van der Waals surface area (Å²) in [6, 6.07) is 0.0499. The van der Waals surface area contributed by atoms with Gasteiger partial charge in [-0.1, -0.05) is 27.2 Å². The van der Waals surface area contributed by atoms with Crippen LogP contribution in [0.2, 0.25) is 0 Å². The standard InChI is InChI=1S/C14H28N2O/c1-10(2)6-5-9-16-14(17)12-8-4-7-11(3)13(12)15/h10-13H,4-9,15H2,1-3H3,(H,16,17). The summed E-state index contributed by atoms with van der Waals surface area (Å²) in [5, 5.41) is 3.04. The molecule has 100 valence electrons. The fraction of sp³-hybridized carbons (Fsp3) is 0.929. The molecule has 0 heterocycles. The van der Waals surface area contributed by atoms with E-state index >= 15 is 0 Å². The molecule has 1 fully saturated rings. The van der Waals surface area contributed by atoms with Gasteiger partial charge >= 0.3 is 0 Å². The molecule has 3 heteroatoms. The monoisotopic (exact) mass is 240 g/mol. The number of carbonyl (C=O) groups excluding carboxylic acids is 1. The molecule has 0 aromatic carbocycles. The quantitative estimate of drug-likeness (QED) is 0.725. The van der Waals surface area contributed by atoms with Crippen molar-refractivity contribution in [3.63, 3.8) is 0 Å². The Hall–Kier alpha value is -0.570. The van der Waals surface area contributed by atoms with E-state index in [9.17, 15) is 4.79 Å². The molecule has 0 aliphatic heterocycles. The third kappa shape index (κ3) is 4.66. The molecular weight excluding hydrogens is 212 g/mol. The van der Waals surface area contributed by atoms with Gasteiger partial charge in [0.15, 0.2) is 0 Å². The Bertz CT molecular complexity index is 240. The second-order valence-electron chi connectivity index (χ2n) is 5.92. The average Bonchev–Trinajstić information content (AvgIpc) is 2.27. The van der Waals surface area contributed by atoms with Crippen molar-refractivity contribution in [3.05, 3.63) is 0 Å². The van der Waals surface area contributed by atoms with E-state index in [0.717, 1.165) is 32.2 Å². The molecule has 0 bridgehead atoms. The van der Waals surface area contributed by atoms with Gasteiger partial charge in [0.2, 0.25) is 5.91 Å². The molecule has 0 aromatic heterocycles. The van der Waals surface area contributed by atoms with E-state index in [4.69, 9.17) is 5.73 Å². The summed E-state index contributed by atoms with van der Waals surface area (Å²) in [6.07, 6.45) is 5.51. The molecule has 1 saturated carbocycles. The molecule has 17 heavy (non-hydrogen) atoms. The van der Waals surface area contributed by atoms with Gasteiger partial charge in [-0.15, -0.1) is 0 Å². The van der Waals surface area contributed by atoms with Crippen LogP contribution in [0.1, 0.15) is 52.9 Å². The van der Waals surface area contributed by atoms with Crippen molar-refractivity contribution >= 4 is 5.91 Å². The molecule has 0 spiro atoms. The van der Waals surface area contributed by atoms with E-state index in [1.807, 2.05) is 0 Å². The number of rotatable bonds is 5. The van der Waals surface area contributed by atoms with Crippen molar-refractivity contribution in [2.75, 3.05) is 6.54 Å². The molecule has 3 N–H and O–H groups in total. The van der Waals surface area contributed by atoms with Crippen LogP contribution in [0.5, 0.6) is 0 Å². The summed E-state index contributed by atoms with van der Waals surface area (Å²) in [6.45, 7) is 7.37. The van der Waals surface area contributed by atoms with Crippen LogP contribution < -0.4 is 11.1 Å².